The maximum absolute atomic E-state index is 11.7. The van der Waals surface area contributed by atoms with Crippen molar-refractivity contribution >= 4 is 42.9 Å². The van der Waals surface area contributed by atoms with Crippen LogP contribution in [0.5, 0.6) is 0 Å². The van der Waals surface area contributed by atoms with E-state index in [1.54, 1.807) is 11.7 Å². The van der Waals surface area contributed by atoms with Crippen LogP contribution in [0, 0.1) is 0 Å². The normalized spacial score (nSPS) is 14.2. The van der Waals surface area contributed by atoms with Gasteiger partial charge in [-0.2, -0.15) is 5.10 Å². The molecule has 1 saturated heterocycles. The Labute approximate surface area is 222 Å². The second-order valence-electron chi connectivity index (χ2n) is 8.76. The third-order valence-electron chi connectivity index (χ3n) is 5.73. The Kier molecular flexibility index (Phi) is 10.6. The van der Waals surface area contributed by atoms with Crippen molar-refractivity contribution in [1.29, 1.82) is 0 Å². The number of rotatable bonds is 13. The Morgan fingerprint density at radius 3 is 2.66 bits per heavy atom. The highest BCUT2D eigenvalue weighted by molar-refractivity contribution is 6.11. The molecule has 2 aromatic rings. The van der Waals surface area contributed by atoms with E-state index >= 15 is 0 Å². The van der Waals surface area contributed by atoms with Crippen LogP contribution in [0.1, 0.15) is 0 Å². The topological polar surface area (TPSA) is 149 Å². The summed E-state index contributed by atoms with van der Waals surface area (Å²) < 4.78 is 7.40. The van der Waals surface area contributed by atoms with Crippen LogP contribution in [-0.4, -0.2) is 122 Å². The lowest BCUT2D eigenvalue weighted by molar-refractivity contribution is -0.124. The number of aromatic nitrogens is 4. The summed E-state index contributed by atoms with van der Waals surface area (Å²) >= 11 is 0. The van der Waals surface area contributed by atoms with Gasteiger partial charge in [-0.25, -0.2) is 15.4 Å². The van der Waals surface area contributed by atoms with Crippen molar-refractivity contribution in [2.75, 3.05) is 76.9 Å². The highest BCUT2D eigenvalue weighted by Gasteiger charge is 2.24. The van der Waals surface area contributed by atoms with Gasteiger partial charge in [0, 0.05) is 51.8 Å². The van der Waals surface area contributed by atoms with Gasteiger partial charge in [0.15, 0.2) is 17.5 Å². The highest BCUT2D eigenvalue weighted by atomic mass is 16.5. The molecule has 0 radical (unpaired) electrons. The van der Waals surface area contributed by atoms with Gasteiger partial charge in [-0.15, -0.1) is 0 Å². The monoisotopic (exact) mass is 525 g/mol. The zero-order chi connectivity index (χ0) is 27.5. The molecular formula is C24H35N11O3. The molecule has 0 saturated carbocycles. The van der Waals surface area contributed by atoms with Crippen molar-refractivity contribution in [3.8, 4) is 11.4 Å². The molecule has 14 nitrogen and oxygen atoms in total. The van der Waals surface area contributed by atoms with Crippen molar-refractivity contribution in [2.24, 2.45) is 15.0 Å². The van der Waals surface area contributed by atoms with E-state index in [0.29, 0.717) is 62.5 Å². The van der Waals surface area contributed by atoms with Crippen molar-refractivity contribution in [1.82, 2.24) is 30.1 Å². The maximum atomic E-state index is 11.7. The molecule has 0 bridgehead atoms. The Morgan fingerprint density at radius 1 is 1.24 bits per heavy atom. The summed E-state index contributed by atoms with van der Waals surface area (Å²) in [6.45, 7) is 12.0. The van der Waals surface area contributed by atoms with Gasteiger partial charge in [0.25, 0.3) is 5.91 Å². The fraction of sp³-hybridized carbons (Fsp3) is 0.458. The van der Waals surface area contributed by atoms with E-state index in [9.17, 15) is 4.79 Å². The van der Waals surface area contributed by atoms with Crippen LogP contribution in [0.3, 0.4) is 0 Å². The minimum Gasteiger partial charge on any atom is -0.378 e. The summed E-state index contributed by atoms with van der Waals surface area (Å²) in [5.41, 5.74) is 2.99. The number of hydrogen-bond acceptors (Lipinski definition) is 12. The molecule has 0 aromatic carbocycles. The average Bonchev–Trinajstić information content (AvgIpc) is 3.42. The van der Waals surface area contributed by atoms with Crippen LogP contribution in [0.25, 0.3) is 11.4 Å². The van der Waals surface area contributed by atoms with Crippen LogP contribution in [0.4, 0.5) is 17.3 Å². The number of nitrogens with zero attached hydrogens (tertiary/aromatic N) is 10. The summed E-state index contributed by atoms with van der Waals surface area (Å²) in [5.74, 6) is 1.08. The highest BCUT2D eigenvalue weighted by Crippen LogP contribution is 2.37. The molecule has 38 heavy (non-hydrogen) atoms. The van der Waals surface area contributed by atoms with Crippen LogP contribution < -0.4 is 15.3 Å². The number of ether oxygens (including phenoxy) is 1. The van der Waals surface area contributed by atoms with Crippen LogP contribution in [0.15, 0.2) is 39.1 Å². The first-order valence-electron chi connectivity index (χ1n) is 12.1. The molecular weight excluding hydrogens is 490 g/mol. The largest absolute Gasteiger partial charge is 0.378 e. The minimum absolute atomic E-state index is 0.0730. The van der Waals surface area contributed by atoms with Gasteiger partial charge in [0.05, 0.1) is 43.6 Å². The number of anilines is 2. The van der Waals surface area contributed by atoms with E-state index in [2.05, 4.69) is 43.3 Å². The number of hydrogen-bond donors (Lipinski definition) is 2. The van der Waals surface area contributed by atoms with Gasteiger partial charge >= 0.3 is 0 Å². The average molecular weight is 526 g/mol. The molecule has 0 atom stereocenters. The summed E-state index contributed by atoms with van der Waals surface area (Å²) in [6.07, 6.45) is 6.23. The molecule has 1 fully saturated rings. The molecule has 0 aliphatic carbocycles. The van der Waals surface area contributed by atoms with Gasteiger partial charge in [0.1, 0.15) is 5.69 Å². The lowest BCUT2D eigenvalue weighted by atomic mass is 10.2. The Morgan fingerprint density at radius 2 is 2.00 bits per heavy atom. The van der Waals surface area contributed by atoms with Crippen LogP contribution >= 0.6 is 0 Å². The summed E-state index contributed by atoms with van der Waals surface area (Å²) in [6, 6.07) is 0. The number of amides is 1. The Balaban J connectivity index is 1.90. The molecule has 0 unspecified atom stereocenters. The number of likely N-dealkylation sites (N-methyl/N-ethyl adjacent to an activating group) is 2. The second-order valence-corrected chi connectivity index (χ2v) is 8.76. The zero-order valence-electron chi connectivity index (χ0n) is 22.1. The Bertz CT molecular complexity index is 1170. The lowest BCUT2D eigenvalue weighted by Gasteiger charge is -2.30. The molecule has 1 aliphatic heterocycles. The maximum Gasteiger partial charge on any atom is 0.277 e. The first-order valence-corrected chi connectivity index (χ1v) is 12.1. The summed E-state index contributed by atoms with van der Waals surface area (Å²) in [7, 11) is 5.91. The standard InChI is InChI=1S/C24H35N11O3/c1-25-14-18(24(36)31-37)15-27-6-7-33(5)22-20(26-2)23(34-10-12-38-13-11-34)30-21(29-22)19-16-28-35(17-19)9-8-32(3)4/h14-17,37H,1-2,6-13H2,3-5H3,(H,31,36)/b18-14+,27-15?. The van der Waals surface area contributed by atoms with Gasteiger partial charge in [-0.3, -0.25) is 29.7 Å². The van der Waals surface area contributed by atoms with E-state index in [-0.39, 0.29) is 5.57 Å². The SMILES string of the molecule is C=N/C=C(\C=NCCN(C)c1nc(-c2cnn(CCN(C)C)c2)nc(N2CCOCC2)c1N=C)C(=O)NO. The van der Waals surface area contributed by atoms with Gasteiger partial charge in [-0.05, 0) is 27.5 Å². The fourth-order valence-electron chi connectivity index (χ4n) is 3.66. The quantitative estimate of drug-likeness (QED) is 0.166. The number of morpholine rings is 1. The first kappa shape index (κ1) is 28.6. The molecule has 3 heterocycles. The van der Waals surface area contributed by atoms with E-state index in [1.165, 1.54) is 12.4 Å². The van der Waals surface area contributed by atoms with Crippen molar-refractivity contribution < 1.29 is 14.7 Å². The smallest absolute Gasteiger partial charge is 0.277 e. The van der Waals surface area contributed by atoms with Gasteiger partial charge in [-0.1, -0.05) is 0 Å². The van der Waals surface area contributed by atoms with E-state index < -0.39 is 5.91 Å². The second kappa shape index (κ2) is 14.1. The molecule has 1 aliphatic rings. The van der Waals surface area contributed by atoms with Crippen LogP contribution in [-0.2, 0) is 16.1 Å². The number of carbonyl (C=O) groups is 1. The number of hydroxylamine groups is 1. The van der Waals surface area contributed by atoms with Gasteiger partial charge in [0.2, 0.25) is 0 Å². The third-order valence-corrected chi connectivity index (χ3v) is 5.73. The molecule has 2 N–H and O–H groups in total. The third kappa shape index (κ3) is 7.50. The first-order chi connectivity index (χ1) is 18.4. The molecule has 204 valence electrons. The minimum atomic E-state index is -0.727. The predicted molar refractivity (Wildman–Crippen MR) is 148 cm³/mol. The molecule has 3 rings (SSSR count). The van der Waals surface area contributed by atoms with Crippen molar-refractivity contribution in [2.45, 2.75) is 6.54 Å². The van der Waals surface area contributed by atoms with E-state index in [4.69, 9.17) is 19.9 Å². The van der Waals surface area contributed by atoms with Gasteiger partial charge < -0.3 is 19.4 Å². The number of aliphatic imine (C=N–C) groups is 3. The summed E-state index contributed by atoms with van der Waals surface area (Å²) in [4.78, 5) is 39.7. The van der Waals surface area contributed by atoms with E-state index in [0.717, 1.165) is 18.7 Å². The predicted octanol–water partition coefficient (Wildman–Crippen LogP) is 0.667. The summed E-state index contributed by atoms with van der Waals surface area (Å²) in [5, 5.41) is 13.3. The molecule has 1 amide bonds. The molecule has 0 spiro atoms. The van der Waals surface area contributed by atoms with Crippen LogP contribution in [0.2, 0.25) is 0 Å². The fourth-order valence-corrected chi connectivity index (χ4v) is 3.66. The van der Waals surface area contributed by atoms with Crippen molar-refractivity contribution in [3.05, 3.63) is 24.2 Å². The zero-order valence-corrected chi connectivity index (χ0v) is 22.1. The lowest BCUT2D eigenvalue weighted by Crippen LogP contribution is -2.37. The van der Waals surface area contributed by atoms with Crippen molar-refractivity contribution in [3.63, 3.8) is 0 Å². The Hall–Kier alpha value is -4.01. The molecule has 2 aromatic heterocycles. The molecule has 14 heteroatoms. The number of nitrogens with one attached hydrogen (secondary N) is 1. The number of carbonyl (C=O) groups excluding carboxylic acids is 1. The van der Waals surface area contributed by atoms with E-state index in [1.807, 2.05) is 36.9 Å².